The third-order valence-corrected chi connectivity index (χ3v) is 3.89. The second kappa shape index (κ2) is 8.92. The van der Waals surface area contributed by atoms with E-state index >= 15 is 0 Å². The number of hydrogen-bond donors (Lipinski definition) is 1. The zero-order valence-corrected chi connectivity index (χ0v) is 15.2. The summed E-state index contributed by atoms with van der Waals surface area (Å²) in [5.74, 6) is -1.57. The van der Waals surface area contributed by atoms with Crippen molar-refractivity contribution in [3.8, 4) is 5.75 Å². The zero-order valence-electron chi connectivity index (χ0n) is 14.4. The molecule has 140 valence electrons. The molecule has 0 aliphatic rings. The summed E-state index contributed by atoms with van der Waals surface area (Å²) in [7, 11) is 0. The molecule has 0 fully saturated rings. The highest BCUT2D eigenvalue weighted by Gasteiger charge is 2.13. The normalized spacial score (nSPS) is 10.6. The minimum absolute atomic E-state index is 0.142. The quantitative estimate of drug-likeness (QED) is 0.299. The maximum atomic E-state index is 13.6. The van der Waals surface area contributed by atoms with Crippen LogP contribution < -0.4 is 10.2 Å². The van der Waals surface area contributed by atoms with Crippen LogP contribution in [0.15, 0.2) is 77.9 Å². The summed E-state index contributed by atoms with van der Waals surface area (Å²) in [5.41, 5.74) is 3.31. The predicted molar refractivity (Wildman–Crippen MR) is 104 cm³/mol. The molecule has 3 aromatic carbocycles. The van der Waals surface area contributed by atoms with Crippen LogP contribution in [0.3, 0.4) is 0 Å². The lowest BCUT2D eigenvalue weighted by Gasteiger charge is -2.05. The van der Waals surface area contributed by atoms with Crippen LogP contribution in [0.25, 0.3) is 0 Å². The van der Waals surface area contributed by atoms with E-state index in [4.69, 9.17) is 16.3 Å². The Bertz CT molecular complexity index is 1040. The van der Waals surface area contributed by atoms with E-state index in [2.05, 4.69) is 10.5 Å². The van der Waals surface area contributed by atoms with Crippen molar-refractivity contribution in [2.75, 3.05) is 0 Å². The first kappa shape index (κ1) is 19.3. The molecule has 28 heavy (non-hydrogen) atoms. The van der Waals surface area contributed by atoms with E-state index in [1.807, 2.05) is 0 Å². The third-order valence-electron chi connectivity index (χ3n) is 3.65. The standard InChI is InChI=1S/C21H14ClFN2O3/c22-16-5-3-4-15(12-16)20(26)25-24-13-14-8-10-17(11-9-14)28-21(27)18-6-1-2-7-19(18)23/h1-13H,(H,25,26)/b24-13-. The van der Waals surface area contributed by atoms with Gasteiger partial charge in [0.25, 0.3) is 5.91 Å². The molecule has 0 aliphatic heterocycles. The molecule has 7 heteroatoms. The Kier molecular flexibility index (Phi) is 6.14. The molecular formula is C21H14ClFN2O3. The molecule has 0 radical (unpaired) electrons. The van der Waals surface area contributed by atoms with E-state index in [0.29, 0.717) is 16.1 Å². The third kappa shape index (κ3) is 5.02. The summed E-state index contributed by atoms with van der Waals surface area (Å²) >= 11 is 5.84. The Labute approximate surface area is 165 Å². The van der Waals surface area contributed by atoms with Crippen molar-refractivity contribution in [2.45, 2.75) is 0 Å². The van der Waals surface area contributed by atoms with E-state index in [9.17, 15) is 14.0 Å². The smallest absolute Gasteiger partial charge is 0.346 e. The number of hydrogen-bond acceptors (Lipinski definition) is 4. The van der Waals surface area contributed by atoms with Gasteiger partial charge in [-0.2, -0.15) is 5.10 Å². The van der Waals surface area contributed by atoms with Gasteiger partial charge in [-0.1, -0.05) is 29.8 Å². The molecule has 0 heterocycles. The number of nitrogens with zero attached hydrogens (tertiary/aromatic N) is 1. The van der Waals surface area contributed by atoms with Crippen LogP contribution in [-0.4, -0.2) is 18.1 Å². The maximum absolute atomic E-state index is 13.6. The topological polar surface area (TPSA) is 67.8 Å². The number of rotatable bonds is 5. The molecule has 1 amide bonds. The van der Waals surface area contributed by atoms with Crippen molar-refractivity contribution >= 4 is 29.7 Å². The van der Waals surface area contributed by atoms with Crippen molar-refractivity contribution in [1.29, 1.82) is 0 Å². The van der Waals surface area contributed by atoms with Crippen LogP contribution in [0.5, 0.6) is 5.75 Å². The van der Waals surface area contributed by atoms with Crippen molar-refractivity contribution < 1.29 is 18.7 Å². The summed E-state index contributed by atoms with van der Waals surface area (Å²) in [6.45, 7) is 0. The first-order chi connectivity index (χ1) is 13.5. The van der Waals surface area contributed by atoms with Crippen LogP contribution in [0.4, 0.5) is 4.39 Å². The largest absolute Gasteiger partial charge is 0.423 e. The fourth-order valence-electron chi connectivity index (χ4n) is 2.27. The molecule has 0 atom stereocenters. The van der Waals surface area contributed by atoms with E-state index in [0.717, 1.165) is 0 Å². The van der Waals surface area contributed by atoms with Gasteiger partial charge in [0.15, 0.2) is 0 Å². The van der Waals surface area contributed by atoms with Gasteiger partial charge in [0.2, 0.25) is 0 Å². The van der Waals surface area contributed by atoms with Gasteiger partial charge < -0.3 is 4.74 Å². The zero-order chi connectivity index (χ0) is 19.9. The van der Waals surface area contributed by atoms with Crippen LogP contribution >= 0.6 is 11.6 Å². The molecule has 1 N–H and O–H groups in total. The number of ether oxygens (including phenoxy) is 1. The fourth-order valence-corrected chi connectivity index (χ4v) is 2.46. The fraction of sp³-hybridized carbons (Fsp3) is 0. The molecule has 0 aromatic heterocycles. The van der Waals surface area contributed by atoms with E-state index in [1.54, 1.807) is 48.5 Å². The van der Waals surface area contributed by atoms with Crippen LogP contribution in [-0.2, 0) is 0 Å². The van der Waals surface area contributed by atoms with Gasteiger partial charge in [-0.05, 0) is 60.2 Å². The molecule has 0 saturated carbocycles. The first-order valence-corrected chi connectivity index (χ1v) is 8.56. The van der Waals surface area contributed by atoms with Gasteiger partial charge in [-0.15, -0.1) is 0 Å². The van der Waals surface area contributed by atoms with Crippen molar-refractivity contribution in [2.24, 2.45) is 5.10 Å². The van der Waals surface area contributed by atoms with E-state index in [-0.39, 0.29) is 11.3 Å². The Morgan fingerprint density at radius 2 is 1.75 bits per heavy atom. The number of hydrazone groups is 1. The number of halogens is 2. The summed E-state index contributed by atoms with van der Waals surface area (Å²) in [6, 6.07) is 18.4. The molecule has 0 aliphatic carbocycles. The van der Waals surface area contributed by atoms with Gasteiger partial charge in [-0.3, -0.25) is 4.79 Å². The van der Waals surface area contributed by atoms with Gasteiger partial charge in [0.1, 0.15) is 11.6 Å². The maximum Gasteiger partial charge on any atom is 0.346 e. The Hall–Kier alpha value is -3.51. The molecule has 0 saturated heterocycles. The highest BCUT2D eigenvalue weighted by Crippen LogP contribution is 2.15. The summed E-state index contributed by atoms with van der Waals surface area (Å²) in [4.78, 5) is 23.9. The molecule has 0 spiro atoms. The first-order valence-electron chi connectivity index (χ1n) is 8.19. The predicted octanol–water partition coefficient (Wildman–Crippen LogP) is 4.46. The SMILES string of the molecule is O=C(N/N=C\c1ccc(OC(=O)c2ccccc2F)cc1)c1cccc(Cl)c1. The molecule has 3 rings (SSSR count). The molecule has 0 unspecified atom stereocenters. The lowest BCUT2D eigenvalue weighted by Crippen LogP contribution is -2.17. The monoisotopic (exact) mass is 396 g/mol. The van der Waals surface area contributed by atoms with Crippen molar-refractivity contribution in [1.82, 2.24) is 5.43 Å². The number of nitrogens with one attached hydrogen (secondary N) is 1. The summed E-state index contributed by atoms with van der Waals surface area (Å²) in [6.07, 6.45) is 1.44. The average Bonchev–Trinajstić information content (AvgIpc) is 2.69. The van der Waals surface area contributed by atoms with Crippen molar-refractivity contribution in [3.63, 3.8) is 0 Å². The Balaban J connectivity index is 1.58. The average molecular weight is 397 g/mol. The van der Waals surface area contributed by atoms with Crippen molar-refractivity contribution in [3.05, 3.63) is 100 Å². The minimum Gasteiger partial charge on any atom is -0.423 e. The molecular weight excluding hydrogens is 383 g/mol. The molecule has 3 aromatic rings. The van der Waals surface area contributed by atoms with Crippen LogP contribution in [0.1, 0.15) is 26.3 Å². The highest BCUT2D eigenvalue weighted by atomic mass is 35.5. The van der Waals surface area contributed by atoms with Gasteiger partial charge >= 0.3 is 5.97 Å². The van der Waals surface area contributed by atoms with Crippen LogP contribution in [0.2, 0.25) is 5.02 Å². The van der Waals surface area contributed by atoms with Gasteiger partial charge in [-0.25, -0.2) is 14.6 Å². The number of carbonyl (C=O) groups excluding carboxylic acids is 2. The second-order valence-electron chi connectivity index (χ2n) is 5.65. The number of amides is 1. The molecule has 5 nitrogen and oxygen atoms in total. The van der Waals surface area contributed by atoms with Gasteiger partial charge in [0.05, 0.1) is 11.8 Å². The Morgan fingerprint density at radius 1 is 1.00 bits per heavy atom. The lowest BCUT2D eigenvalue weighted by atomic mass is 10.2. The van der Waals surface area contributed by atoms with Crippen LogP contribution in [0, 0.1) is 5.82 Å². The molecule has 0 bridgehead atoms. The lowest BCUT2D eigenvalue weighted by molar-refractivity contribution is 0.0729. The van der Waals surface area contributed by atoms with E-state index in [1.165, 1.54) is 30.5 Å². The Morgan fingerprint density at radius 3 is 2.46 bits per heavy atom. The number of benzene rings is 3. The van der Waals surface area contributed by atoms with E-state index < -0.39 is 17.7 Å². The second-order valence-corrected chi connectivity index (χ2v) is 6.08. The summed E-state index contributed by atoms with van der Waals surface area (Å²) < 4.78 is 18.7. The summed E-state index contributed by atoms with van der Waals surface area (Å²) in [5, 5.41) is 4.33. The minimum atomic E-state index is -0.784. The number of carbonyl (C=O) groups is 2. The highest BCUT2D eigenvalue weighted by molar-refractivity contribution is 6.30. The number of esters is 1. The van der Waals surface area contributed by atoms with Gasteiger partial charge in [0, 0.05) is 10.6 Å².